The van der Waals surface area contributed by atoms with Crippen LogP contribution in [0.25, 0.3) is 0 Å². The van der Waals surface area contributed by atoms with Crippen LogP contribution in [-0.4, -0.2) is 22.6 Å². The largest absolute Gasteiger partial charge is 0.369 e. The topological polar surface area (TPSA) is 49.8 Å². The molecule has 100 valence electrons. The van der Waals surface area contributed by atoms with E-state index in [-0.39, 0.29) is 0 Å². The van der Waals surface area contributed by atoms with Crippen molar-refractivity contribution in [2.45, 2.75) is 45.6 Å². The standard InChI is InChI=1S/C13H21BrN4/c1-3-7-15-12-11(14)13(17-8-16-12)18-10-6-4-5-9(10)2/h8-10H,3-7H2,1-2H3,(H2,15,16,17,18). The van der Waals surface area contributed by atoms with Gasteiger partial charge in [0, 0.05) is 12.6 Å². The number of aromatic nitrogens is 2. The lowest BCUT2D eigenvalue weighted by Gasteiger charge is -2.19. The van der Waals surface area contributed by atoms with Crippen molar-refractivity contribution in [3.63, 3.8) is 0 Å². The molecular weight excluding hydrogens is 292 g/mol. The molecule has 0 radical (unpaired) electrons. The number of rotatable bonds is 5. The normalized spacial score (nSPS) is 23.1. The van der Waals surface area contributed by atoms with Gasteiger partial charge in [-0.2, -0.15) is 0 Å². The maximum absolute atomic E-state index is 4.34. The van der Waals surface area contributed by atoms with Gasteiger partial charge in [-0.05, 0) is 41.1 Å². The molecule has 0 spiro atoms. The quantitative estimate of drug-likeness (QED) is 0.871. The Morgan fingerprint density at radius 2 is 2.11 bits per heavy atom. The summed E-state index contributed by atoms with van der Waals surface area (Å²) >= 11 is 3.59. The first-order chi connectivity index (χ1) is 8.72. The Morgan fingerprint density at radius 1 is 1.33 bits per heavy atom. The number of nitrogens with one attached hydrogen (secondary N) is 2. The zero-order valence-electron chi connectivity index (χ0n) is 11.0. The van der Waals surface area contributed by atoms with Gasteiger partial charge in [-0.15, -0.1) is 0 Å². The highest BCUT2D eigenvalue weighted by atomic mass is 79.9. The summed E-state index contributed by atoms with van der Waals surface area (Å²) in [7, 11) is 0. The van der Waals surface area contributed by atoms with Gasteiger partial charge in [-0.3, -0.25) is 0 Å². The molecule has 1 fully saturated rings. The van der Waals surface area contributed by atoms with Crippen LogP contribution >= 0.6 is 15.9 Å². The number of hydrogen-bond acceptors (Lipinski definition) is 4. The van der Waals surface area contributed by atoms with Crippen LogP contribution in [-0.2, 0) is 0 Å². The predicted molar refractivity (Wildman–Crippen MR) is 78.9 cm³/mol. The first-order valence-corrected chi connectivity index (χ1v) is 7.52. The molecule has 0 amide bonds. The van der Waals surface area contributed by atoms with Crippen molar-refractivity contribution >= 4 is 27.6 Å². The molecule has 1 aliphatic rings. The Morgan fingerprint density at radius 3 is 2.78 bits per heavy atom. The minimum atomic E-state index is 0.537. The fraction of sp³-hybridized carbons (Fsp3) is 0.692. The van der Waals surface area contributed by atoms with Crippen molar-refractivity contribution < 1.29 is 0 Å². The smallest absolute Gasteiger partial charge is 0.146 e. The summed E-state index contributed by atoms with van der Waals surface area (Å²) < 4.78 is 0.942. The molecule has 1 heterocycles. The van der Waals surface area contributed by atoms with Crippen molar-refractivity contribution in [3.8, 4) is 0 Å². The summed E-state index contributed by atoms with van der Waals surface area (Å²) in [6.45, 7) is 5.37. The lowest BCUT2D eigenvalue weighted by molar-refractivity contribution is 0.554. The van der Waals surface area contributed by atoms with E-state index in [0.29, 0.717) is 6.04 Å². The van der Waals surface area contributed by atoms with Crippen LogP contribution in [0.5, 0.6) is 0 Å². The second-order valence-corrected chi connectivity index (χ2v) is 5.76. The summed E-state index contributed by atoms with van der Waals surface area (Å²) in [5, 5.41) is 6.84. The van der Waals surface area contributed by atoms with E-state index in [1.165, 1.54) is 19.3 Å². The fourth-order valence-corrected chi connectivity index (χ4v) is 2.83. The van der Waals surface area contributed by atoms with Crippen molar-refractivity contribution in [2.24, 2.45) is 5.92 Å². The van der Waals surface area contributed by atoms with Gasteiger partial charge in [0.1, 0.15) is 22.4 Å². The average molecular weight is 313 g/mol. The third kappa shape index (κ3) is 3.13. The van der Waals surface area contributed by atoms with Gasteiger partial charge in [-0.25, -0.2) is 9.97 Å². The monoisotopic (exact) mass is 312 g/mol. The van der Waals surface area contributed by atoms with Crippen LogP contribution in [0.15, 0.2) is 10.8 Å². The van der Waals surface area contributed by atoms with E-state index in [1.54, 1.807) is 6.33 Å². The van der Waals surface area contributed by atoms with E-state index in [0.717, 1.165) is 35.0 Å². The molecule has 1 aromatic rings. The van der Waals surface area contributed by atoms with Gasteiger partial charge in [0.25, 0.3) is 0 Å². The molecule has 5 heteroatoms. The first-order valence-electron chi connectivity index (χ1n) is 6.73. The summed E-state index contributed by atoms with van der Waals surface area (Å²) in [6, 6.07) is 0.537. The van der Waals surface area contributed by atoms with Crippen LogP contribution < -0.4 is 10.6 Å². The third-order valence-corrected chi connectivity index (χ3v) is 4.27. The van der Waals surface area contributed by atoms with Crippen LogP contribution in [0.3, 0.4) is 0 Å². The molecule has 2 N–H and O–H groups in total. The number of hydrogen-bond donors (Lipinski definition) is 2. The van der Waals surface area contributed by atoms with Gasteiger partial charge < -0.3 is 10.6 Å². The number of anilines is 2. The van der Waals surface area contributed by atoms with E-state index in [2.05, 4.69) is 50.4 Å². The minimum absolute atomic E-state index is 0.537. The molecule has 0 saturated heterocycles. The summed E-state index contributed by atoms with van der Waals surface area (Å²) in [5.74, 6) is 2.50. The number of nitrogens with zero attached hydrogens (tertiary/aromatic N) is 2. The highest BCUT2D eigenvalue weighted by Crippen LogP contribution is 2.32. The zero-order chi connectivity index (χ0) is 13.0. The summed E-state index contributed by atoms with van der Waals surface area (Å²) in [4.78, 5) is 8.60. The van der Waals surface area contributed by atoms with Crippen LogP contribution in [0.2, 0.25) is 0 Å². The van der Waals surface area contributed by atoms with Gasteiger partial charge in [0.2, 0.25) is 0 Å². The second-order valence-electron chi connectivity index (χ2n) is 4.97. The van der Waals surface area contributed by atoms with E-state index in [4.69, 9.17) is 0 Å². The predicted octanol–water partition coefficient (Wildman–Crippen LogP) is 3.66. The molecule has 2 unspecified atom stereocenters. The molecule has 1 saturated carbocycles. The Bertz CT molecular complexity index is 397. The minimum Gasteiger partial charge on any atom is -0.369 e. The van der Waals surface area contributed by atoms with E-state index >= 15 is 0 Å². The Balaban J connectivity index is 2.07. The van der Waals surface area contributed by atoms with Gasteiger partial charge in [0.05, 0.1) is 0 Å². The van der Waals surface area contributed by atoms with E-state index in [9.17, 15) is 0 Å². The third-order valence-electron chi connectivity index (χ3n) is 3.52. The molecule has 4 nitrogen and oxygen atoms in total. The van der Waals surface area contributed by atoms with Crippen molar-refractivity contribution in [3.05, 3.63) is 10.8 Å². The van der Waals surface area contributed by atoms with Crippen LogP contribution in [0, 0.1) is 5.92 Å². The Labute approximate surface area is 117 Å². The van der Waals surface area contributed by atoms with Crippen LogP contribution in [0.4, 0.5) is 11.6 Å². The lowest BCUT2D eigenvalue weighted by Crippen LogP contribution is -2.23. The van der Waals surface area contributed by atoms with Gasteiger partial charge in [-0.1, -0.05) is 20.3 Å². The van der Waals surface area contributed by atoms with E-state index in [1.807, 2.05) is 0 Å². The summed E-state index contributed by atoms with van der Waals surface area (Å²) in [6.07, 6.45) is 6.54. The fourth-order valence-electron chi connectivity index (χ4n) is 2.37. The second kappa shape index (κ2) is 6.36. The lowest BCUT2D eigenvalue weighted by atomic mass is 10.1. The van der Waals surface area contributed by atoms with E-state index < -0.39 is 0 Å². The van der Waals surface area contributed by atoms with Crippen molar-refractivity contribution in [1.82, 2.24) is 9.97 Å². The molecule has 2 atom stereocenters. The van der Waals surface area contributed by atoms with Crippen molar-refractivity contribution in [1.29, 1.82) is 0 Å². The Kier molecular flexibility index (Phi) is 4.80. The molecule has 1 aliphatic carbocycles. The molecule has 0 aliphatic heterocycles. The molecule has 18 heavy (non-hydrogen) atoms. The maximum atomic E-state index is 4.34. The number of halogens is 1. The van der Waals surface area contributed by atoms with Crippen molar-refractivity contribution in [2.75, 3.05) is 17.2 Å². The van der Waals surface area contributed by atoms with Gasteiger partial charge in [0.15, 0.2) is 0 Å². The highest BCUT2D eigenvalue weighted by molar-refractivity contribution is 9.10. The van der Waals surface area contributed by atoms with Crippen LogP contribution in [0.1, 0.15) is 39.5 Å². The highest BCUT2D eigenvalue weighted by Gasteiger charge is 2.24. The van der Waals surface area contributed by atoms with Gasteiger partial charge >= 0.3 is 0 Å². The molecular formula is C13H21BrN4. The maximum Gasteiger partial charge on any atom is 0.146 e. The Hall–Kier alpha value is -0.840. The average Bonchev–Trinajstić information content (AvgIpc) is 2.76. The first kappa shape index (κ1) is 13.6. The summed E-state index contributed by atoms with van der Waals surface area (Å²) in [5.41, 5.74) is 0. The SMILES string of the molecule is CCCNc1ncnc(NC2CCCC2C)c1Br. The zero-order valence-corrected chi connectivity index (χ0v) is 12.6. The molecule has 2 rings (SSSR count). The molecule has 0 bridgehead atoms. The molecule has 0 aromatic carbocycles. The molecule has 1 aromatic heterocycles.